The maximum Gasteiger partial charge on any atom is 0.205 e. The van der Waals surface area contributed by atoms with Gasteiger partial charge in [-0.2, -0.15) is 4.80 Å². The number of hydrogen-bond acceptors (Lipinski definition) is 7. The summed E-state index contributed by atoms with van der Waals surface area (Å²) in [5, 5.41) is 12.2. The van der Waals surface area contributed by atoms with Crippen LogP contribution in [0.2, 0.25) is 0 Å². The van der Waals surface area contributed by atoms with Gasteiger partial charge in [-0.25, -0.2) is 0 Å². The van der Waals surface area contributed by atoms with Crippen molar-refractivity contribution in [2.45, 2.75) is 6.54 Å². The van der Waals surface area contributed by atoms with Gasteiger partial charge in [0.25, 0.3) is 0 Å². The Labute approximate surface area is 150 Å². The van der Waals surface area contributed by atoms with Crippen LogP contribution in [0.15, 0.2) is 42.5 Å². The third-order valence-corrected chi connectivity index (χ3v) is 3.77. The number of nitrogens with zero attached hydrogens (tertiary/aromatic N) is 4. The van der Waals surface area contributed by atoms with E-state index in [1.54, 1.807) is 38.5 Å². The molecule has 0 saturated carbocycles. The lowest BCUT2D eigenvalue weighted by atomic mass is 10.1. The van der Waals surface area contributed by atoms with Crippen molar-refractivity contribution in [1.29, 1.82) is 0 Å². The van der Waals surface area contributed by atoms with Crippen molar-refractivity contribution >= 4 is 5.78 Å². The van der Waals surface area contributed by atoms with Gasteiger partial charge in [0.15, 0.2) is 5.78 Å². The molecule has 8 heteroatoms. The Morgan fingerprint density at radius 3 is 2.50 bits per heavy atom. The molecule has 26 heavy (non-hydrogen) atoms. The lowest BCUT2D eigenvalue weighted by molar-refractivity contribution is 0.0958. The molecule has 1 aromatic heterocycles. The monoisotopic (exact) mass is 354 g/mol. The fourth-order valence-corrected chi connectivity index (χ4v) is 2.43. The van der Waals surface area contributed by atoms with E-state index in [0.717, 1.165) is 5.56 Å². The molecule has 2 aromatic carbocycles. The molecule has 1 heterocycles. The molecule has 3 rings (SSSR count). The topological polar surface area (TPSA) is 88.4 Å². The van der Waals surface area contributed by atoms with Crippen LogP contribution in [0.4, 0.5) is 0 Å². The Balaban J connectivity index is 1.79. The summed E-state index contributed by atoms with van der Waals surface area (Å²) in [7, 11) is 4.64. The van der Waals surface area contributed by atoms with Gasteiger partial charge < -0.3 is 14.2 Å². The van der Waals surface area contributed by atoms with Crippen molar-refractivity contribution in [1.82, 2.24) is 20.2 Å². The van der Waals surface area contributed by atoms with E-state index in [-0.39, 0.29) is 12.3 Å². The van der Waals surface area contributed by atoms with Crippen LogP contribution in [0.3, 0.4) is 0 Å². The highest BCUT2D eigenvalue weighted by atomic mass is 16.5. The molecule has 0 aliphatic heterocycles. The molecule has 0 radical (unpaired) electrons. The van der Waals surface area contributed by atoms with Crippen LogP contribution < -0.4 is 14.2 Å². The van der Waals surface area contributed by atoms with E-state index in [2.05, 4.69) is 15.4 Å². The summed E-state index contributed by atoms with van der Waals surface area (Å²) in [5.74, 6) is 1.95. The largest absolute Gasteiger partial charge is 0.497 e. The zero-order chi connectivity index (χ0) is 18.5. The van der Waals surface area contributed by atoms with Crippen molar-refractivity contribution in [2.24, 2.45) is 0 Å². The molecule has 0 N–H and O–H groups in total. The van der Waals surface area contributed by atoms with Gasteiger partial charge in [-0.1, -0.05) is 12.1 Å². The second kappa shape index (κ2) is 7.64. The molecule has 0 unspecified atom stereocenters. The predicted molar refractivity (Wildman–Crippen MR) is 93.7 cm³/mol. The standard InChI is InChI=1S/C18H18N4O4/c1-24-13-6-4-5-12(9-13)18-19-21-22(20-18)11-16(23)15-8-7-14(25-2)10-17(15)26-3/h4-10H,11H2,1-3H3. The molecule has 0 aliphatic rings. The van der Waals surface area contributed by atoms with Gasteiger partial charge in [-0.15, -0.1) is 10.2 Å². The fourth-order valence-electron chi connectivity index (χ4n) is 2.43. The summed E-state index contributed by atoms with van der Waals surface area (Å²) >= 11 is 0. The Morgan fingerprint density at radius 2 is 1.77 bits per heavy atom. The first-order valence-corrected chi connectivity index (χ1v) is 7.82. The number of ketones is 1. The highest BCUT2D eigenvalue weighted by molar-refractivity contribution is 5.98. The SMILES string of the molecule is COc1cccc(-c2nnn(CC(=O)c3ccc(OC)cc3OC)n2)c1. The Hall–Kier alpha value is -3.42. The van der Waals surface area contributed by atoms with Crippen LogP contribution in [0.25, 0.3) is 11.4 Å². The van der Waals surface area contributed by atoms with Gasteiger partial charge in [0.2, 0.25) is 5.82 Å². The molecule has 0 saturated heterocycles. The zero-order valence-electron chi connectivity index (χ0n) is 14.7. The van der Waals surface area contributed by atoms with Gasteiger partial charge in [-0.05, 0) is 29.5 Å². The van der Waals surface area contributed by atoms with E-state index in [0.29, 0.717) is 28.6 Å². The first-order valence-electron chi connectivity index (χ1n) is 7.82. The number of rotatable bonds is 7. The summed E-state index contributed by atoms with van der Waals surface area (Å²) in [6.45, 7) is -0.0559. The summed E-state index contributed by atoms with van der Waals surface area (Å²) in [5.41, 5.74) is 1.18. The van der Waals surface area contributed by atoms with Crippen LogP contribution in [0.1, 0.15) is 10.4 Å². The summed E-state index contributed by atoms with van der Waals surface area (Å²) in [6, 6.07) is 12.3. The summed E-state index contributed by atoms with van der Waals surface area (Å²) < 4.78 is 15.6. The second-order valence-corrected chi connectivity index (χ2v) is 5.36. The Bertz CT molecular complexity index is 923. The normalized spacial score (nSPS) is 10.4. The Morgan fingerprint density at radius 1 is 1.00 bits per heavy atom. The zero-order valence-corrected chi connectivity index (χ0v) is 14.7. The molecule has 0 aliphatic carbocycles. The summed E-state index contributed by atoms with van der Waals surface area (Å²) in [6.07, 6.45) is 0. The minimum atomic E-state index is -0.195. The molecule has 0 amide bonds. The molecule has 0 atom stereocenters. The number of carbonyl (C=O) groups excluding carboxylic acids is 1. The quantitative estimate of drug-likeness (QED) is 0.601. The van der Waals surface area contributed by atoms with Crippen LogP contribution >= 0.6 is 0 Å². The van der Waals surface area contributed by atoms with Crippen LogP contribution in [0.5, 0.6) is 17.2 Å². The average molecular weight is 354 g/mol. The molecular weight excluding hydrogens is 336 g/mol. The molecule has 0 spiro atoms. The van der Waals surface area contributed by atoms with Crippen molar-refractivity contribution < 1.29 is 19.0 Å². The van der Waals surface area contributed by atoms with E-state index in [1.165, 1.54) is 11.9 Å². The minimum absolute atomic E-state index is 0.0559. The van der Waals surface area contributed by atoms with Crippen molar-refractivity contribution in [3.05, 3.63) is 48.0 Å². The molecule has 3 aromatic rings. The number of aromatic nitrogens is 4. The van der Waals surface area contributed by atoms with E-state index >= 15 is 0 Å². The first-order chi connectivity index (χ1) is 12.6. The number of tetrazole rings is 1. The first kappa shape index (κ1) is 17.4. The fraction of sp³-hybridized carbons (Fsp3) is 0.222. The van der Waals surface area contributed by atoms with Crippen LogP contribution in [-0.4, -0.2) is 47.3 Å². The van der Waals surface area contributed by atoms with Crippen LogP contribution in [-0.2, 0) is 6.54 Å². The third-order valence-electron chi connectivity index (χ3n) is 3.77. The average Bonchev–Trinajstić information content (AvgIpc) is 3.15. The Kier molecular flexibility index (Phi) is 5.12. The smallest absolute Gasteiger partial charge is 0.205 e. The molecule has 0 fully saturated rings. The predicted octanol–water partition coefficient (Wildman–Crippen LogP) is 2.25. The number of Topliss-reactive ketones (excluding diaryl/α,β-unsaturated/α-hetero) is 1. The van der Waals surface area contributed by atoms with Gasteiger partial charge >= 0.3 is 0 Å². The molecule has 8 nitrogen and oxygen atoms in total. The van der Waals surface area contributed by atoms with E-state index in [1.807, 2.05) is 18.2 Å². The van der Waals surface area contributed by atoms with Gasteiger partial charge in [-0.3, -0.25) is 4.79 Å². The van der Waals surface area contributed by atoms with Crippen LogP contribution in [0, 0.1) is 0 Å². The van der Waals surface area contributed by atoms with Crippen molar-refractivity contribution in [3.8, 4) is 28.6 Å². The van der Waals surface area contributed by atoms with E-state index in [9.17, 15) is 4.79 Å². The molecular formula is C18H18N4O4. The number of ether oxygens (including phenoxy) is 3. The van der Waals surface area contributed by atoms with Gasteiger partial charge in [0.05, 0.1) is 26.9 Å². The lowest BCUT2D eigenvalue weighted by Crippen LogP contribution is -2.14. The minimum Gasteiger partial charge on any atom is -0.497 e. The number of benzene rings is 2. The third kappa shape index (κ3) is 3.64. The van der Waals surface area contributed by atoms with Gasteiger partial charge in [0.1, 0.15) is 23.8 Å². The number of methoxy groups -OCH3 is 3. The van der Waals surface area contributed by atoms with Gasteiger partial charge in [0, 0.05) is 11.6 Å². The number of carbonyl (C=O) groups is 1. The number of hydrogen-bond donors (Lipinski definition) is 0. The van der Waals surface area contributed by atoms with E-state index in [4.69, 9.17) is 14.2 Å². The molecule has 0 bridgehead atoms. The highest BCUT2D eigenvalue weighted by Crippen LogP contribution is 2.25. The van der Waals surface area contributed by atoms with Crippen molar-refractivity contribution in [2.75, 3.05) is 21.3 Å². The summed E-state index contributed by atoms with van der Waals surface area (Å²) in [4.78, 5) is 13.8. The maximum absolute atomic E-state index is 12.6. The van der Waals surface area contributed by atoms with Crippen molar-refractivity contribution in [3.63, 3.8) is 0 Å². The highest BCUT2D eigenvalue weighted by Gasteiger charge is 2.16. The molecule has 134 valence electrons. The second-order valence-electron chi connectivity index (χ2n) is 5.36. The lowest BCUT2D eigenvalue weighted by Gasteiger charge is -2.09. The maximum atomic E-state index is 12.6. The van der Waals surface area contributed by atoms with E-state index < -0.39 is 0 Å².